The molecule has 3 heteroatoms. The van der Waals surface area contributed by atoms with Gasteiger partial charge in [0.2, 0.25) is 0 Å². The highest BCUT2D eigenvalue weighted by atomic mass is 16.5. The van der Waals surface area contributed by atoms with Gasteiger partial charge >= 0.3 is 0 Å². The summed E-state index contributed by atoms with van der Waals surface area (Å²) in [6.07, 6.45) is 5.33. The van der Waals surface area contributed by atoms with Crippen molar-refractivity contribution in [2.45, 2.75) is 30.9 Å². The van der Waals surface area contributed by atoms with Gasteiger partial charge in [0.15, 0.2) is 0 Å². The lowest BCUT2D eigenvalue weighted by Crippen LogP contribution is -2.49. The molecule has 0 saturated heterocycles. The minimum absolute atomic E-state index is 0.0444. The molecule has 1 unspecified atom stereocenters. The third kappa shape index (κ3) is 2.03. The summed E-state index contributed by atoms with van der Waals surface area (Å²) in [5, 5.41) is 4.61. The predicted octanol–water partition coefficient (Wildman–Crippen LogP) is 3.06. The number of likely N-dealkylation sites (N-methyl/N-ethyl adjacent to an activating group) is 1. The quantitative estimate of drug-likeness (QED) is 0.913. The fourth-order valence-electron chi connectivity index (χ4n) is 3.13. The maximum absolute atomic E-state index is 5.81. The van der Waals surface area contributed by atoms with Gasteiger partial charge in [-0.05, 0) is 44.0 Å². The zero-order chi connectivity index (χ0) is 13.3. The van der Waals surface area contributed by atoms with E-state index in [1.807, 2.05) is 26.4 Å². The predicted molar refractivity (Wildman–Crippen MR) is 77.1 cm³/mol. The third-order valence-corrected chi connectivity index (χ3v) is 4.38. The molecule has 1 aromatic heterocycles. The van der Waals surface area contributed by atoms with Gasteiger partial charge in [-0.2, -0.15) is 0 Å². The zero-order valence-corrected chi connectivity index (χ0v) is 11.5. The summed E-state index contributed by atoms with van der Waals surface area (Å²) in [6.45, 7) is 0. The average molecular weight is 256 g/mol. The number of fused-ring (bicyclic) bond motifs is 1. The molecule has 1 atom stereocenters. The summed E-state index contributed by atoms with van der Waals surface area (Å²) in [4.78, 5) is 4.44. The van der Waals surface area contributed by atoms with Gasteiger partial charge in [0, 0.05) is 18.7 Å². The maximum Gasteiger partial charge on any atom is 0.0872 e. The van der Waals surface area contributed by atoms with Crippen LogP contribution < -0.4 is 5.32 Å². The second-order valence-electron chi connectivity index (χ2n) is 5.30. The molecule has 0 aliphatic heterocycles. The number of ether oxygens (including phenoxy) is 1. The number of rotatable bonds is 4. The second-order valence-corrected chi connectivity index (χ2v) is 5.30. The lowest BCUT2D eigenvalue weighted by molar-refractivity contribution is -0.0982. The molecule has 1 saturated carbocycles. The Bertz CT molecular complexity index is 572. The Morgan fingerprint density at radius 1 is 1.32 bits per heavy atom. The molecule has 1 fully saturated rings. The molecule has 3 rings (SSSR count). The van der Waals surface area contributed by atoms with Gasteiger partial charge in [-0.3, -0.25) is 4.98 Å². The van der Waals surface area contributed by atoms with Crippen molar-refractivity contribution in [3.8, 4) is 0 Å². The van der Waals surface area contributed by atoms with Crippen LogP contribution in [0.3, 0.4) is 0 Å². The number of hydrogen-bond acceptors (Lipinski definition) is 3. The summed E-state index contributed by atoms with van der Waals surface area (Å²) in [5.41, 5.74) is 2.26. The number of nitrogens with zero attached hydrogens (tertiary/aromatic N) is 1. The van der Waals surface area contributed by atoms with Gasteiger partial charge in [-0.1, -0.05) is 18.2 Å². The minimum Gasteiger partial charge on any atom is -0.376 e. The molecule has 3 nitrogen and oxygen atoms in total. The molecule has 1 aromatic carbocycles. The van der Waals surface area contributed by atoms with Crippen molar-refractivity contribution in [3.63, 3.8) is 0 Å². The van der Waals surface area contributed by atoms with Crippen molar-refractivity contribution in [1.29, 1.82) is 0 Å². The molecule has 1 aliphatic carbocycles. The molecule has 19 heavy (non-hydrogen) atoms. The first kappa shape index (κ1) is 12.6. The highest BCUT2D eigenvalue weighted by Gasteiger charge is 2.44. The van der Waals surface area contributed by atoms with E-state index >= 15 is 0 Å². The van der Waals surface area contributed by atoms with Gasteiger partial charge in [0.25, 0.3) is 0 Å². The fourth-order valence-corrected chi connectivity index (χ4v) is 3.13. The molecule has 1 heterocycles. The van der Waals surface area contributed by atoms with Crippen molar-refractivity contribution in [3.05, 3.63) is 42.1 Å². The summed E-state index contributed by atoms with van der Waals surface area (Å²) >= 11 is 0. The number of benzene rings is 1. The summed E-state index contributed by atoms with van der Waals surface area (Å²) in [7, 11) is 3.83. The number of methoxy groups -OCH3 is 1. The van der Waals surface area contributed by atoms with Gasteiger partial charge in [0.05, 0.1) is 17.2 Å². The lowest BCUT2D eigenvalue weighted by atomic mass is 9.72. The Morgan fingerprint density at radius 2 is 2.16 bits per heavy atom. The molecule has 0 bridgehead atoms. The van der Waals surface area contributed by atoms with Crippen LogP contribution in [-0.4, -0.2) is 24.7 Å². The van der Waals surface area contributed by atoms with Crippen LogP contribution in [-0.2, 0) is 4.74 Å². The highest BCUT2D eigenvalue weighted by molar-refractivity contribution is 5.79. The Morgan fingerprint density at radius 3 is 2.79 bits per heavy atom. The normalized spacial score (nSPS) is 19.1. The van der Waals surface area contributed by atoms with E-state index in [-0.39, 0.29) is 11.6 Å². The van der Waals surface area contributed by atoms with Crippen LogP contribution in [0.1, 0.15) is 30.9 Å². The molecule has 0 spiro atoms. The first-order chi connectivity index (χ1) is 9.29. The first-order valence-electron chi connectivity index (χ1n) is 6.86. The van der Waals surface area contributed by atoms with E-state index in [9.17, 15) is 0 Å². The van der Waals surface area contributed by atoms with Gasteiger partial charge < -0.3 is 10.1 Å². The van der Waals surface area contributed by atoms with Gasteiger partial charge in [0.1, 0.15) is 0 Å². The lowest BCUT2D eigenvalue weighted by Gasteiger charge is -2.46. The monoisotopic (exact) mass is 256 g/mol. The van der Waals surface area contributed by atoms with E-state index in [0.717, 1.165) is 18.4 Å². The highest BCUT2D eigenvalue weighted by Crippen LogP contribution is 2.44. The van der Waals surface area contributed by atoms with Crippen molar-refractivity contribution >= 4 is 10.9 Å². The molecule has 1 N–H and O–H groups in total. The molecule has 0 radical (unpaired) electrons. The van der Waals surface area contributed by atoms with Crippen molar-refractivity contribution < 1.29 is 4.74 Å². The van der Waals surface area contributed by atoms with Crippen molar-refractivity contribution in [2.24, 2.45) is 0 Å². The fraction of sp³-hybridized carbons (Fsp3) is 0.438. The van der Waals surface area contributed by atoms with Crippen molar-refractivity contribution in [1.82, 2.24) is 10.3 Å². The van der Waals surface area contributed by atoms with Gasteiger partial charge in [-0.15, -0.1) is 0 Å². The topological polar surface area (TPSA) is 34.2 Å². The summed E-state index contributed by atoms with van der Waals surface area (Å²) < 4.78 is 5.81. The molecule has 0 amide bonds. The summed E-state index contributed by atoms with van der Waals surface area (Å²) in [5.74, 6) is 0. The van der Waals surface area contributed by atoms with Crippen LogP contribution in [0.15, 0.2) is 36.5 Å². The Balaban J connectivity index is 2.01. The Labute approximate surface area is 114 Å². The largest absolute Gasteiger partial charge is 0.376 e. The molecule has 2 aromatic rings. The van der Waals surface area contributed by atoms with Crippen LogP contribution >= 0.6 is 0 Å². The summed E-state index contributed by atoms with van der Waals surface area (Å²) in [6, 6.07) is 10.8. The van der Waals surface area contributed by atoms with E-state index in [0.29, 0.717) is 0 Å². The van der Waals surface area contributed by atoms with E-state index < -0.39 is 0 Å². The Hall–Kier alpha value is -1.45. The molecule has 1 aliphatic rings. The van der Waals surface area contributed by atoms with E-state index in [2.05, 4.69) is 34.6 Å². The first-order valence-corrected chi connectivity index (χ1v) is 6.86. The van der Waals surface area contributed by atoms with E-state index in [1.54, 1.807) is 0 Å². The van der Waals surface area contributed by atoms with Crippen LogP contribution in [0.25, 0.3) is 10.9 Å². The maximum atomic E-state index is 5.81. The van der Waals surface area contributed by atoms with Crippen LogP contribution in [0.5, 0.6) is 0 Å². The van der Waals surface area contributed by atoms with Crippen LogP contribution in [0.2, 0.25) is 0 Å². The minimum atomic E-state index is -0.0444. The number of hydrogen-bond donors (Lipinski definition) is 1. The SMILES string of the molecule is CNC(c1ccc2cccnc2c1)C1(OC)CCC1. The zero-order valence-electron chi connectivity index (χ0n) is 11.5. The van der Waals surface area contributed by atoms with E-state index in [4.69, 9.17) is 4.74 Å². The van der Waals surface area contributed by atoms with Crippen LogP contribution in [0.4, 0.5) is 0 Å². The van der Waals surface area contributed by atoms with Gasteiger partial charge in [-0.25, -0.2) is 0 Å². The van der Waals surface area contributed by atoms with E-state index in [1.165, 1.54) is 17.4 Å². The second kappa shape index (κ2) is 4.91. The third-order valence-electron chi connectivity index (χ3n) is 4.38. The smallest absolute Gasteiger partial charge is 0.0872 e. The molecule has 100 valence electrons. The number of nitrogens with one attached hydrogen (secondary N) is 1. The number of pyridine rings is 1. The average Bonchev–Trinajstić information content (AvgIpc) is 2.42. The van der Waals surface area contributed by atoms with Crippen LogP contribution in [0, 0.1) is 0 Å². The Kier molecular flexibility index (Phi) is 3.25. The molecular weight excluding hydrogens is 236 g/mol. The number of aromatic nitrogens is 1. The standard InChI is InChI=1S/C16H20N2O/c1-17-15(16(19-2)8-4-9-16)13-7-6-12-5-3-10-18-14(12)11-13/h3,5-7,10-11,15,17H,4,8-9H2,1-2H3. The molecular formula is C16H20N2O. The van der Waals surface area contributed by atoms with Crippen molar-refractivity contribution in [2.75, 3.05) is 14.2 Å².